The van der Waals surface area contributed by atoms with E-state index in [1.54, 1.807) is 18.2 Å². The molecule has 4 heteroatoms. The van der Waals surface area contributed by atoms with Crippen LogP contribution >= 0.6 is 0 Å². The molecule has 1 aromatic rings. The fourth-order valence-electron chi connectivity index (χ4n) is 1.10. The number of methoxy groups -OCH3 is 1. The molecule has 0 aliphatic rings. The van der Waals surface area contributed by atoms with Gasteiger partial charge in [-0.15, -0.1) is 0 Å². The van der Waals surface area contributed by atoms with Crippen LogP contribution in [0.2, 0.25) is 0 Å². The lowest BCUT2D eigenvalue weighted by Gasteiger charge is -2.02. The van der Waals surface area contributed by atoms with Gasteiger partial charge in [0.05, 0.1) is 7.11 Å². The van der Waals surface area contributed by atoms with Crippen molar-refractivity contribution in [3.8, 4) is 5.75 Å². The Labute approximate surface area is 86.8 Å². The second kappa shape index (κ2) is 4.95. The summed E-state index contributed by atoms with van der Waals surface area (Å²) in [6.07, 6.45) is 3.09. The Morgan fingerprint density at radius 3 is 2.53 bits per heavy atom. The van der Waals surface area contributed by atoms with Gasteiger partial charge in [-0.05, 0) is 29.8 Å². The fourth-order valence-corrected chi connectivity index (χ4v) is 1.10. The number of aliphatic carboxylic acids is 1. The van der Waals surface area contributed by atoms with Crippen LogP contribution in [0.3, 0.4) is 0 Å². The van der Waals surface area contributed by atoms with Gasteiger partial charge in [0.15, 0.2) is 0 Å². The molecule has 0 spiro atoms. The monoisotopic (exact) mass is 206 g/mol. The number of carbonyl (C=O) groups is 2. The van der Waals surface area contributed by atoms with Gasteiger partial charge >= 0.3 is 5.97 Å². The van der Waals surface area contributed by atoms with E-state index in [0.29, 0.717) is 23.2 Å². The van der Waals surface area contributed by atoms with Crippen LogP contribution in [0.4, 0.5) is 0 Å². The summed E-state index contributed by atoms with van der Waals surface area (Å²) in [5.41, 5.74) is 1.05. The standard InChI is InChI=1S/C11H10O4/c1-15-10-5-8(2-3-11(13)14)4-9(6-10)7-12/h2-7H,1H3,(H,13,14)/b3-2+. The van der Waals surface area contributed by atoms with Gasteiger partial charge in [0.2, 0.25) is 0 Å². The second-order valence-corrected chi connectivity index (χ2v) is 2.83. The zero-order valence-corrected chi connectivity index (χ0v) is 8.14. The summed E-state index contributed by atoms with van der Waals surface area (Å²) in [6.45, 7) is 0. The highest BCUT2D eigenvalue weighted by Crippen LogP contribution is 2.16. The summed E-state index contributed by atoms with van der Waals surface area (Å²) in [5, 5.41) is 8.44. The molecule has 0 aliphatic heterocycles. The van der Waals surface area contributed by atoms with Gasteiger partial charge < -0.3 is 9.84 Å². The zero-order valence-electron chi connectivity index (χ0n) is 8.14. The maximum absolute atomic E-state index is 10.6. The highest BCUT2D eigenvalue weighted by atomic mass is 16.5. The highest BCUT2D eigenvalue weighted by molar-refractivity contribution is 5.86. The van der Waals surface area contributed by atoms with Crippen LogP contribution in [-0.4, -0.2) is 24.5 Å². The van der Waals surface area contributed by atoms with E-state index in [2.05, 4.69) is 0 Å². The first-order valence-corrected chi connectivity index (χ1v) is 4.21. The van der Waals surface area contributed by atoms with E-state index in [1.165, 1.54) is 13.2 Å². The molecule has 0 aromatic heterocycles. The number of hydrogen-bond acceptors (Lipinski definition) is 3. The van der Waals surface area contributed by atoms with Gasteiger partial charge in [0.1, 0.15) is 12.0 Å². The zero-order chi connectivity index (χ0) is 11.3. The van der Waals surface area contributed by atoms with Crippen molar-refractivity contribution >= 4 is 18.3 Å². The van der Waals surface area contributed by atoms with E-state index in [9.17, 15) is 9.59 Å². The van der Waals surface area contributed by atoms with Crippen molar-refractivity contribution in [3.63, 3.8) is 0 Å². The molecule has 0 unspecified atom stereocenters. The van der Waals surface area contributed by atoms with Crippen LogP contribution in [0.15, 0.2) is 24.3 Å². The number of rotatable bonds is 4. The number of benzene rings is 1. The summed E-state index contributed by atoms with van der Waals surface area (Å²) in [4.78, 5) is 20.9. The van der Waals surface area contributed by atoms with E-state index in [0.717, 1.165) is 6.08 Å². The van der Waals surface area contributed by atoms with E-state index in [4.69, 9.17) is 9.84 Å². The minimum Gasteiger partial charge on any atom is -0.497 e. The van der Waals surface area contributed by atoms with Crippen LogP contribution in [0.25, 0.3) is 6.08 Å². The van der Waals surface area contributed by atoms with Gasteiger partial charge in [-0.25, -0.2) is 4.79 Å². The third kappa shape index (κ3) is 3.27. The van der Waals surface area contributed by atoms with Gasteiger partial charge in [-0.3, -0.25) is 4.79 Å². The third-order valence-electron chi connectivity index (χ3n) is 1.74. The van der Waals surface area contributed by atoms with Crippen molar-refractivity contribution in [1.82, 2.24) is 0 Å². The predicted molar refractivity (Wildman–Crippen MR) is 55.1 cm³/mol. The van der Waals surface area contributed by atoms with Gasteiger partial charge in [-0.1, -0.05) is 0 Å². The van der Waals surface area contributed by atoms with E-state index in [1.807, 2.05) is 0 Å². The van der Waals surface area contributed by atoms with Crippen molar-refractivity contribution in [3.05, 3.63) is 35.4 Å². The van der Waals surface area contributed by atoms with Crippen molar-refractivity contribution in [2.75, 3.05) is 7.11 Å². The summed E-state index contributed by atoms with van der Waals surface area (Å²) in [5.74, 6) is -0.518. The van der Waals surface area contributed by atoms with Crippen LogP contribution in [-0.2, 0) is 4.79 Å². The number of hydrogen-bond donors (Lipinski definition) is 1. The molecule has 0 atom stereocenters. The highest BCUT2D eigenvalue weighted by Gasteiger charge is 1.98. The van der Waals surface area contributed by atoms with Crippen molar-refractivity contribution in [2.24, 2.45) is 0 Å². The van der Waals surface area contributed by atoms with Crippen LogP contribution < -0.4 is 4.74 Å². The first kappa shape index (κ1) is 11.0. The maximum Gasteiger partial charge on any atom is 0.328 e. The molecule has 0 bridgehead atoms. The molecule has 0 aliphatic carbocycles. The first-order valence-electron chi connectivity index (χ1n) is 4.21. The Morgan fingerprint density at radius 2 is 2.00 bits per heavy atom. The minimum atomic E-state index is -1.04. The lowest BCUT2D eigenvalue weighted by molar-refractivity contribution is -0.131. The van der Waals surface area contributed by atoms with Crippen molar-refractivity contribution < 1.29 is 19.4 Å². The molecule has 0 saturated carbocycles. The molecule has 4 nitrogen and oxygen atoms in total. The van der Waals surface area contributed by atoms with Crippen LogP contribution in [0, 0.1) is 0 Å². The Balaban J connectivity index is 3.06. The summed E-state index contributed by atoms with van der Waals surface area (Å²) in [6, 6.07) is 4.80. The van der Waals surface area contributed by atoms with Gasteiger partial charge in [0.25, 0.3) is 0 Å². The molecule has 0 radical (unpaired) electrons. The second-order valence-electron chi connectivity index (χ2n) is 2.83. The Bertz CT molecular complexity index is 407. The molecule has 0 amide bonds. The van der Waals surface area contributed by atoms with E-state index < -0.39 is 5.97 Å². The SMILES string of the molecule is COc1cc(C=O)cc(/C=C/C(=O)O)c1. The first-order chi connectivity index (χ1) is 7.15. The summed E-state index contributed by atoms with van der Waals surface area (Å²) < 4.78 is 4.96. The van der Waals surface area contributed by atoms with Crippen molar-refractivity contribution in [1.29, 1.82) is 0 Å². The average molecular weight is 206 g/mol. The smallest absolute Gasteiger partial charge is 0.328 e. The number of carboxylic acid groups (broad SMARTS) is 1. The topological polar surface area (TPSA) is 63.6 Å². The number of carbonyl (C=O) groups excluding carboxylic acids is 1. The minimum absolute atomic E-state index is 0.444. The largest absolute Gasteiger partial charge is 0.497 e. The lowest BCUT2D eigenvalue weighted by Crippen LogP contribution is -1.89. The maximum atomic E-state index is 10.6. The Morgan fingerprint density at radius 1 is 1.33 bits per heavy atom. The molecule has 0 saturated heterocycles. The fraction of sp³-hybridized carbons (Fsp3) is 0.0909. The molecule has 1 N–H and O–H groups in total. The number of carboxylic acids is 1. The van der Waals surface area contributed by atoms with Crippen LogP contribution in [0.5, 0.6) is 5.75 Å². The molecule has 0 heterocycles. The quantitative estimate of drug-likeness (QED) is 0.600. The van der Waals surface area contributed by atoms with Crippen molar-refractivity contribution in [2.45, 2.75) is 0 Å². The molecule has 1 rings (SSSR count). The molecule has 1 aromatic carbocycles. The molecular formula is C11H10O4. The third-order valence-corrected chi connectivity index (χ3v) is 1.74. The Hall–Kier alpha value is -2.10. The lowest BCUT2D eigenvalue weighted by atomic mass is 10.1. The summed E-state index contributed by atoms with van der Waals surface area (Å²) in [7, 11) is 1.48. The average Bonchev–Trinajstić information content (AvgIpc) is 2.25. The molecule has 15 heavy (non-hydrogen) atoms. The molecule has 78 valence electrons. The Kier molecular flexibility index (Phi) is 3.62. The van der Waals surface area contributed by atoms with Gasteiger partial charge in [0, 0.05) is 11.6 Å². The number of aldehydes is 1. The van der Waals surface area contributed by atoms with E-state index in [-0.39, 0.29) is 0 Å². The predicted octanol–water partition coefficient (Wildman–Crippen LogP) is 1.61. The van der Waals surface area contributed by atoms with Gasteiger partial charge in [-0.2, -0.15) is 0 Å². The number of ether oxygens (including phenoxy) is 1. The van der Waals surface area contributed by atoms with E-state index >= 15 is 0 Å². The molecule has 0 fully saturated rings. The normalized spacial score (nSPS) is 10.2. The molecular weight excluding hydrogens is 196 g/mol. The van der Waals surface area contributed by atoms with Crippen LogP contribution in [0.1, 0.15) is 15.9 Å². The summed E-state index contributed by atoms with van der Waals surface area (Å²) >= 11 is 0.